The van der Waals surface area contributed by atoms with Gasteiger partial charge in [0.25, 0.3) is 0 Å². The Hall–Kier alpha value is -1.35. The highest BCUT2D eigenvalue weighted by Crippen LogP contribution is 2.19. The standard InChI is InChI=1S/C11H13N2O/c1-13-5-4-8-2-3-9(11(12)14)6-10(8)7-13/h2-3,6H,1,4-5,7H2,(H2,12,14)/q-1. The van der Waals surface area contributed by atoms with Gasteiger partial charge in [-0.3, -0.25) is 11.8 Å². The fourth-order valence-corrected chi connectivity index (χ4v) is 1.77. The van der Waals surface area contributed by atoms with Crippen LogP contribution in [0.25, 0.3) is 0 Å². The molecule has 14 heavy (non-hydrogen) atoms. The van der Waals surface area contributed by atoms with Gasteiger partial charge < -0.3 is 10.6 Å². The average Bonchev–Trinajstić information content (AvgIpc) is 2.16. The first-order chi connectivity index (χ1) is 6.66. The Labute approximate surface area is 83.5 Å². The summed E-state index contributed by atoms with van der Waals surface area (Å²) >= 11 is 0. The minimum atomic E-state index is -0.367. The van der Waals surface area contributed by atoms with Crippen molar-refractivity contribution in [2.24, 2.45) is 5.73 Å². The fraction of sp³-hybridized carbons (Fsp3) is 0.273. The molecule has 0 atom stereocenters. The molecule has 2 N–H and O–H groups in total. The Morgan fingerprint density at radius 1 is 1.43 bits per heavy atom. The van der Waals surface area contributed by atoms with Gasteiger partial charge in [0, 0.05) is 5.56 Å². The van der Waals surface area contributed by atoms with Crippen LogP contribution in [0.2, 0.25) is 0 Å². The van der Waals surface area contributed by atoms with Crippen LogP contribution in [0.15, 0.2) is 18.2 Å². The highest BCUT2D eigenvalue weighted by atomic mass is 16.1. The Bertz CT molecular complexity index is 374. The molecule has 0 aliphatic carbocycles. The van der Waals surface area contributed by atoms with Crippen molar-refractivity contribution in [2.45, 2.75) is 13.0 Å². The molecule has 1 aromatic carbocycles. The molecule has 0 spiro atoms. The first-order valence-electron chi connectivity index (χ1n) is 4.64. The number of carbonyl (C=O) groups excluding carboxylic acids is 1. The number of primary amides is 1. The third kappa shape index (κ3) is 1.63. The maximum atomic E-state index is 11.0. The van der Waals surface area contributed by atoms with Crippen molar-refractivity contribution >= 4 is 5.91 Å². The SMILES string of the molecule is [CH2-]N1CCc2ccc(C(N)=O)cc2C1. The molecule has 2 rings (SSSR count). The zero-order valence-electron chi connectivity index (χ0n) is 7.99. The lowest BCUT2D eigenvalue weighted by atomic mass is 9.97. The number of nitrogens with zero attached hydrogens (tertiary/aromatic N) is 1. The van der Waals surface area contributed by atoms with Crippen LogP contribution in [0.1, 0.15) is 21.5 Å². The number of rotatable bonds is 1. The van der Waals surface area contributed by atoms with Crippen molar-refractivity contribution in [1.29, 1.82) is 0 Å². The van der Waals surface area contributed by atoms with Crippen LogP contribution in [-0.4, -0.2) is 17.4 Å². The van der Waals surface area contributed by atoms with E-state index in [0.29, 0.717) is 5.56 Å². The van der Waals surface area contributed by atoms with Crippen molar-refractivity contribution in [3.8, 4) is 0 Å². The Kier molecular flexibility index (Phi) is 2.25. The van der Waals surface area contributed by atoms with Crippen LogP contribution < -0.4 is 5.73 Å². The Morgan fingerprint density at radius 3 is 2.93 bits per heavy atom. The molecule has 1 heterocycles. The van der Waals surface area contributed by atoms with E-state index in [-0.39, 0.29) is 5.91 Å². The lowest BCUT2D eigenvalue weighted by Gasteiger charge is -2.31. The second kappa shape index (κ2) is 3.42. The normalized spacial score (nSPS) is 16.4. The number of nitrogens with two attached hydrogens (primary N) is 1. The van der Waals surface area contributed by atoms with Crippen molar-refractivity contribution in [2.75, 3.05) is 6.54 Å². The molecule has 0 fully saturated rings. The van der Waals surface area contributed by atoms with Gasteiger partial charge in [-0.25, -0.2) is 0 Å². The molecule has 1 aliphatic rings. The number of benzene rings is 1. The topological polar surface area (TPSA) is 46.3 Å². The van der Waals surface area contributed by atoms with Gasteiger partial charge in [-0.2, -0.15) is 0 Å². The van der Waals surface area contributed by atoms with Gasteiger partial charge in [0.1, 0.15) is 0 Å². The van der Waals surface area contributed by atoms with E-state index in [9.17, 15) is 4.79 Å². The number of amides is 1. The molecule has 1 amide bonds. The van der Waals surface area contributed by atoms with Crippen molar-refractivity contribution in [1.82, 2.24) is 4.90 Å². The molecule has 1 aromatic rings. The van der Waals surface area contributed by atoms with E-state index in [1.165, 1.54) is 11.1 Å². The molecule has 0 radical (unpaired) electrons. The van der Waals surface area contributed by atoms with Crippen LogP contribution in [-0.2, 0) is 13.0 Å². The quantitative estimate of drug-likeness (QED) is 0.668. The first kappa shape index (κ1) is 9.21. The van der Waals surface area contributed by atoms with Gasteiger partial charge in [-0.15, -0.1) is 0 Å². The highest BCUT2D eigenvalue weighted by molar-refractivity contribution is 5.93. The molecule has 3 nitrogen and oxygen atoms in total. The molecular weight excluding hydrogens is 176 g/mol. The summed E-state index contributed by atoms with van der Waals surface area (Å²) in [6, 6.07) is 5.65. The predicted molar refractivity (Wildman–Crippen MR) is 54.4 cm³/mol. The molecule has 0 saturated carbocycles. The summed E-state index contributed by atoms with van der Waals surface area (Å²) in [7, 11) is 3.89. The summed E-state index contributed by atoms with van der Waals surface area (Å²) in [4.78, 5) is 13.0. The van der Waals surface area contributed by atoms with Crippen LogP contribution in [0.4, 0.5) is 0 Å². The summed E-state index contributed by atoms with van der Waals surface area (Å²) in [6.45, 7) is 1.78. The Morgan fingerprint density at radius 2 is 2.21 bits per heavy atom. The van der Waals surface area contributed by atoms with Crippen LogP contribution >= 0.6 is 0 Å². The molecule has 74 valence electrons. The van der Waals surface area contributed by atoms with Gasteiger partial charge in [-0.05, 0) is 42.8 Å². The van der Waals surface area contributed by atoms with Crippen LogP contribution in [0.5, 0.6) is 0 Å². The summed E-state index contributed by atoms with van der Waals surface area (Å²) in [5.74, 6) is -0.367. The summed E-state index contributed by atoms with van der Waals surface area (Å²) < 4.78 is 0. The van der Waals surface area contributed by atoms with Crippen LogP contribution in [0, 0.1) is 7.05 Å². The van der Waals surface area contributed by atoms with E-state index in [1.54, 1.807) is 6.07 Å². The minimum Gasteiger partial charge on any atom is -0.455 e. The van der Waals surface area contributed by atoms with Gasteiger partial charge in [0.2, 0.25) is 5.91 Å². The van der Waals surface area contributed by atoms with Crippen molar-refractivity contribution in [3.05, 3.63) is 41.9 Å². The second-order valence-electron chi connectivity index (χ2n) is 3.65. The van der Waals surface area contributed by atoms with E-state index < -0.39 is 0 Å². The largest absolute Gasteiger partial charge is 0.455 e. The monoisotopic (exact) mass is 189 g/mol. The fourth-order valence-electron chi connectivity index (χ4n) is 1.77. The summed E-state index contributed by atoms with van der Waals surface area (Å²) in [6.07, 6.45) is 0.998. The molecule has 3 heteroatoms. The number of fused-ring (bicyclic) bond motifs is 1. The lowest BCUT2D eigenvalue weighted by Crippen LogP contribution is -2.25. The van der Waals surface area contributed by atoms with E-state index in [4.69, 9.17) is 5.73 Å². The predicted octanol–water partition coefficient (Wildman–Crippen LogP) is 0.935. The first-order valence-corrected chi connectivity index (χ1v) is 4.64. The third-order valence-electron chi connectivity index (χ3n) is 2.58. The maximum Gasteiger partial charge on any atom is 0.248 e. The number of hydrogen-bond donors (Lipinski definition) is 1. The van der Waals surface area contributed by atoms with Crippen molar-refractivity contribution in [3.63, 3.8) is 0 Å². The smallest absolute Gasteiger partial charge is 0.248 e. The molecule has 0 unspecified atom stereocenters. The lowest BCUT2D eigenvalue weighted by molar-refractivity contribution is 0.1000. The Balaban J connectivity index is 2.37. The van der Waals surface area contributed by atoms with E-state index >= 15 is 0 Å². The van der Waals surface area contributed by atoms with E-state index in [1.807, 2.05) is 17.0 Å². The second-order valence-corrected chi connectivity index (χ2v) is 3.65. The van der Waals surface area contributed by atoms with Gasteiger partial charge >= 0.3 is 0 Å². The highest BCUT2D eigenvalue weighted by Gasteiger charge is 2.11. The molecular formula is C11H13N2O-. The molecule has 0 bridgehead atoms. The van der Waals surface area contributed by atoms with Crippen LogP contribution in [0.3, 0.4) is 0 Å². The number of carbonyl (C=O) groups is 1. The van der Waals surface area contributed by atoms with Gasteiger partial charge in [0.15, 0.2) is 0 Å². The zero-order chi connectivity index (χ0) is 10.1. The van der Waals surface area contributed by atoms with E-state index in [0.717, 1.165) is 19.5 Å². The van der Waals surface area contributed by atoms with Gasteiger partial charge in [0.05, 0.1) is 0 Å². The van der Waals surface area contributed by atoms with Crippen molar-refractivity contribution < 1.29 is 4.79 Å². The minimum absolute atomic E-state index is 0.367. The molecule has 0 aromatic heterocycles. The third-order valence-corrected chi connectivity index (χ3v) is 2.58. The summed E-state index contributed by atoms with van der Waals surface area (Å²) in [5, 5.41) is 0. The summed E-state index contributed by atoms with van der Waals surface area (Å²) in [5.41, 5.74) is 8.27. The molecule has 1 aliphatic heterocycles. The van der Waals surface area contributed by atoms with Gasteiger partial charge in [-0.1, -0.05) is 6.07 Å². The van der Waals surface area contributed by atoms with E-state index in [2.05, 4.69) is 7.05 Å². The number of hydrogen-bond acceptors (Lipinski definition) is 2. The maximum absolute atomic E-state index is 11.0. The molecule has 0 saturated heterocycles. The zero-order valence-corrected chi connectivity index (χ0v) is 7.99. The average molecular weight is 189 g/mol.